The standard InChI is InChI=1S/C10H12N2O3S/c1-3-4-7-6(2)11-10(12-9(7)15)16-5-8(13)14/h3H,1,4-5H2,2H3,(H,13,14)(H,11,12,15). The van der Waals surface area contributed by atoms with E-state index in [1.54, 1.807) is 13.0 Å². The predicted octanol–water partition coefficient (Wildman–Crippen LogP) is 0.984. The van der Waals surface area contributed by atoms with Gasteiger partial charge >= 0.3 is 5.97 Å². The van der Waals surface area contributed by atoms with Crippen molar-refractivity contribution in [3.63, 3.8) is 0 Å². The molecule has 0 saturated carbocycles. The van der Waals surface area contributed by atoms with E-state index in [0.717, 1.165) is 11.8 Å². The zero-order chi connectivity index (χ0) is 12.1. The van der Waals surface area contributed by atoms with Crippen LogP contribution in [0.15, 0.2) is 22.6 Å². The van der Waals surface area contributed by atoms with Crippen molar-refractivity contribution in [2.45, 2.75) is 18.5 Å². The van der Waals surface area contributed by atoms with Gasteiger partial charge in [0, 0.05) is 11.3 Å². The van der Waals surface area contributed by atoms with Crippen molar-refractivity contribution in [3.05, 3.63) is 34.3 Å². The fourth-order valence-corrected chi connectivity index (χ4v) is 1.79. The molecule has 0 unspecified atom stereocenters. The quantitative estimate of drug-likeness (QED) is 0.455. The van der Waals surface area contributed by atoms with Crippen molar-refractivity contribution in [2.75, 3.05) is 5.75 Å². The van der Waals surface area contributed by atoms with Crippen LogP contribution in [0.3, 0.4) is 0 Å². The summed E-state index contributed by atoms with van der Waals surface area (Å²) in [6.07, 6.45) is 2.08. The summed E-state index contributed by atoms with van der Waals surface area (Å²) < 4.78 is 0. The maximum atomic E-state index is 11.6. The van der Waals surface area contributed by atoms with Gasteiger partial charge in [-0.3, -0.25) is 9.59 Å². The molecule has 0 aromatic carbocycles. The second-order valence-electron chi connectivity index (χ2n) is 3.11. The van der Waals surface area contributed by atoms with Gasteiger partial charge in [-0.1, -0.05) is 17.8 Å². The van der Waals surface area contributed by atoms with Gasteiger partial charge in [0.2, 0.25) is 0 Å². The molecule has 0 radical (unpaired) electrons. The summed E-state index contributed by atoms with van der Waals surface area (Å²) in [5.74, 6) is -1.07. The van der Waals surface area contributed by atoms with Gasteiger partial charge in [-0.2, -0.15) is 0 Å². The predicted molar refractivity (Wildman–Crippen MR) is 61.9 cm³/mol. The maximum Gasteiger partial charge on any atom is 0.313 e. The van der Waals surface area contributed by atoms with E-state index >= 15 is 0 Å². The number of allylic oxidation sites excluding steroid dienone is 1. The SMILES string of the molecule is C=CCc1c(C)nc(SCC(=O)O)[nH]c1=O. The van der Waals surface area contributed by atoms with E-state index in [2.05, 4.69) is 16.5 Å². The van der Waals surface area contributed by atoms with E-state index in [-0.39, 0.29) is 11.3 Å². The molecule has 16 heavy (non-hydrogen) atoms. The summed E-state index contributed by atoms with van der Waals surface area (Å²) in [7, 11) is 0. The van der Waals surface area contributed by atoms with Gasteiger partial charge in [0.25, 0.3) is 5.56 Å². The van der Waals surface area contributed by atoms with Crippen LogP contribution in [0.5, 0.6) is 0 Å². The first-order valence-electron chi connectivity index (χ1n) is 4.60. The van der Waals surface area contributed by atoms with Crippen molar-refractivity contribution in [1.29, 1.82) is 0 Å². The van der Waals surface area contributed by atoms with Gasteiger partial charge < -0.3 is 10.1 Å². The Hall–Kier alpha value is -1.56. The number of carbonyl (C=O) groups is 1. The second-order valence-corrected chi connectivity index (χ2v) is 4.07. The number of aryl methyl sites for hydroxylation is 1. The highest BCUT2D eigenvalue weighted by molar-refractivity contribution is 7.99. The van der Waals surface area contributed by atoms with Crippen molar-refractivity contribution >= 4 is 17.7 Å². The van der Waals surface area contributed by atoms with Crippen LogP contribution in [0.2, 0.25) is 0 Å². The van der Waals surface area contributed by atoms with Crippen LogP contribution in [0.25, 0.3) is 0 Å². The van der Waals surface area contributed by atoms with Crippen molar-refractivity contribution < 1.29 is 9.90 Å². The number of H-pyrrole nitrogens is 1. The van der Waals surface area contributed by atoms with Crippen LogP contribution < -0.4 is 5.56 Å². The minimum atomic E-state index is -0.944. The van der Waals surface area contributed by atoms with Gasteiger partial charge in [-0.15, -0.1) is 6.58 Å². The summed E-state index contributed by atoms with van der Waals surface area (Å²) >= 11 is 0.992. The van der Waals surface area contributed by atoms with Crippen molar-refractivity contribution in [3.8, 4) is 0 Å². The van der Waals surface area contributed by atoms with Gasteiger partial charge in [0.15, 0.2) is 5.16 Å². The minimum absolute atomic E-state index is 0.122. The molecular formula is C10H12N2O3S. The molecule has 0 amide bonds. The number of aromatic amines is 1. The molecule has 5 nitrogen and oxygen atoms in total. The number of carboxylic acid groups (broad SMARTS) is 1. The zero-order valence-electron chi connectivity index (χ0n) is 8.82. The first kappa shape index (κ1) is 12.5. The lowest BCUT2D eigenvalue weighted by Gasteiger charge is -2.03. The highest BCUT2D eigenvalue weighted by atomic mass is 32.2. The van der Waals surface area contributed by atoms with E-state index in [1.165, 1.54) is 0 Å². The Labute approximate surface area is 96.6 Å². The van der Waals surface area contributed by atoms with Gasteiger partial charge in [-0.25, -0.2) is 4.98 Å². The number of nitrogens with one attached hydrogen (secondary N) is 1. The number of carboxylic acids is 1. The fourth-order valence-electron chi connectivity index (χ4n) is 1.17. The highest BCUT2D eigenvalue weighted by Gasteiger charge is 2.08. The monoisotopic (exact) mass is 240 g/mol. The van der Waals surface area contributed by atoms with Crippen LogP contribution in [-0.4, -0.2) is 26.8 Å². The van der Waals surface area contributed by atoms with Crippen molar-refractivity contribution in [1.82, 2.24) is 9.97 Å². The van der Waals surface area contributed by atoms with Crippen LogP contribution >= 0.6 is 11.8 Å². The third kappa shape index (κ3) is 3.23. The summed E-state index contributed by atoms with van der Waals surface area (Å²) in [6, 6.07) is 0. The molecule has 0 aliphatic rings. The number of aliphatic carboxylic acids is 1. The van der Waals surface area contributed by atoms with E-state index in [9.17, 15) is 9.59 Å². The lowest BCUT2D eigenvalue weighted by atomic mass is 10.2. The molecule has 6 heteroatoms. The molecule has 0 bridgehead atoms. The molecule has 2 N–H and O–H groups in total. The third-order valence-corrected chi connectivity index (χ3v) is 2.74. The van der Waals surface area contributed by atoms with Gasteiger partial charge in [0.05, 0.1) is 5.75 Å². The third-order valence-electron chi connectivity index (χ3n) is 1.88. The van der Waals surface area contributed by atoms with E-state index in [0.29, 0.717) is 22.8 Å². The first-order chi connectivity index (χ1) is 7.54. The molecule has 1 aromatic heterocycles. The molecule has 86 valence electrons. The Kier molecular flexibility index (Phi) is 4.30. The lowest BCUT2D eigenvalue weighted by molar-refractivity contribution is -0.133. The molecule has 1 rings (SSSR count). The minimum Gasteiger partial charge on any atom is -0.481 e. The summed E-state index contributed by atoms with van der Waals surface area (Å²) in [5, 5.41) is 8.83. The van der Waals surface area contributed by atoms with E-state index in [1.807, 2.05) is 0 Å². The largest absolute Gasteiger partial charge is 0.481 e. The molecular weight excluding hydrogens is 228 g/mol. The second kappa shape index (κ2) is 5.50. The Balaban J connectivity index is 2.95. The molecule has 0 saturated heterocycles. The molecule has 0 atom stereocenters. The number of rotatable bonds is 5. The fraction of sp³-hybridized carbons (Fsp3) is 0.300. The number of hydrogen-bond acceptors (Lipinski definition) is 4. The van der Waals surface area contributed by atoms with E-state index in [4.69, 9.17) is 5.11 Å². The number of thioether (sulfide) groups is 1. The summed E-state index contributed by atoms with van der Waals surface area (Å²) in [6.45, 7) is 5.28. The number of hydrogen-bond donors (Lipinski definition) is 2. The zero-order valence-corrected chi connectivity index (χ0v) is 9.63. The Morgan fingerprint density at radius 1 is 1.69 bits per heavy atom. The van der Waals surface area contributed by atoms with Crippen LogP contribution in [0, 0.1) is 6.92 Å². The molecule has 1 aromatic rings. The molecule has 0 fully saturated rings. The smallest absolute Gasteiger partial charge is 0.313 e. The lowest BCUT2D eigenvalue weighted by Crippen LogP contribution is -2.17. The van der Waals surface area contributed by atoms with Crippen LogP contribution in [0.4, 0.5) is 0 Å². The topological polar surface area (TPSA) is 83.0 Å². The molecule has 0 aliphatic heterocycles. The average Bonchev–Trinajstić information content (AvgIpc) is 2.20. The molecule has 0 spiro atoms. The normalized spacial score (nSPS) is 10.1. The van der Waals surface area contributed by atoms with Crippen LogP contribution in [0.1, 0.15) is 11.3 Å². The first-order valence-corrected chi connectivity index (χ1v) is 5.58. The number of aromatic nitrogens is 2. The summed E-state index contributed by atoms with van der Waals surface area (Å²) in [5.41, 5.74) is 0.937. The number of nitrogens with zero attached hydrogens (tertiary/aromatic N) is 1. The Bertz CT molecular complexity index is 468. The van der Waals surface area contributed by atoms with Gasteiger partial charge in [-0.05, 0) is 13.3 Å². The van der Waals surface area contributed by atoms with Crippen LogP contribution in [-0.2, 0) is 11.2 Å². The molecule has 1 heterocycles. The molecule has 0 aliphatic carbocycles. The summed E-state index contributed by atoms with van der Waals surface area (Å²) in [4.78, 5) is 28.6. The average molecular weight is 240 g/mol. The van der Waals surface area contributed by atoms with E-state index < -0.39 is 5.97 Å². The maximum absolute atomic E-state index is 11.6. The highest BCUT2D eigenvalue weighted by Crippen LogP contribution is 2.12. The Morgan fingerprint density at radius 3 is 2.88 bits per heavy atom. The Morgan fingerprint density at radius 2 is 2.38 bits per heavy atom. The van der Waals surface area contributed by atoms with Gasteiger partial charge in [0.1, 0.15) is 0 Å². The van der Waals surface area contributed by atoms with Crippen molar-refractivity contribution in [2.24, 2.45) is 0 Å².